The SMILES string of the molecule is O=C1OC[C@@H](c2ccc(O)c(O)c2)[C@@H]1c1ccc(O)cc1. The first-order chi connectivity index (χ1) is 10.1. The summed E-state index contributed by atoms with van der Waals surface area (Å²) in [5.41, 5.74) is 1.46. The van der Waals surface area contributed by atoms with Crippen molar-refractivity contribution in [2.45, 2.75) is 11.8 Å². The summed E-state index contributed by atoms with van der Waals surface area (Å²) < 4.78 is 5.14. The monoisotopic (exact) mass is 286 g/mol. The van der Waals surface area contributed by atoms with Gasteiger partial charge in [0.05, 0.1) is 12.5 Å². The zero-order valence-corrected chi connectivity index (χ0v) is 11.1. The fourth-order valence-corrected chi connectivity index (χ4v) is 2.63. The molecule has 1 fully saturated rings. The van der Waals surface area contributed by atoms with Gasteiger partial charge in [-0.2, -0.15) is 0 Å². The summed E-state index contributed by atoms with van der Waals surface area (Å²) in [5.74, 6) is -1.37. The quantitative estimate of drug-likeness (QED) is 0.582. The van der Waals surface area contributed by atoms with Gasteiger partial charge in [0.25, 0.3) is 0 Å². The minimum atomic E-state index is -0.491. The number of carbonyl (C=O) groups is 1. The minimum Gasteiger partial charge on any atom is -0.508 e. The smallest absolute Gasteiger partial charge is 0.314 e. The highest BCUT2D eigenvalue weighted by atomic mass is 16.5. The Balaban J connectivity index is 1.99. The molecular formula is C16H14O5. The molecule has 0 amide bonds. The van der Waals surface area contributed by atoms with Gasteiger partial charge in [-0.25, -0.2) is 0 Å². The maximum atomic E-state index is 12.0. The zero-order chi connectivity index (χ0) is 15.0. The minimum absolute atomic E-state index is 0.129. The predicted molar refractivity (Wildman–Crippen MR) is 74.3 cm³/mol. The van der Waals surface area contributed by atoms with Crippen LogP contribution in [-0.4, -0.2) is 27.9 Å². The molecule has 0 bridgehead atoms. The molecule has 1 heterocycles. The van der Waals surface area contributed by atoms with Crippen LogP contribution in [0.3, 0.4) is 0 Å². The molecule has 0 radical (unpaired) electrons. The van der Waals surface area contributed by atoms with Gasteiger partial charge >= 0.3 is 5.97 Å². The summed E-state index contributed by atoms with van der Waals surface area (Å²) in [6.45, 7) is 0.217. The summed E-state index contributed by atoms with van der Waals surface area (Å²) in [7, 11) is 0. The number of esters is 1. The molecule has 1 aliphatic heterocycles. The number of aromatic hydroxyl groups is 3. The first-order valence-corrected chi connectivity index (χ1v) is 6.53. The van der Waals surface area contributed by atoms with Crippen LogP contribution in [0.25, 0.3) is 0 Å². The van der Waals surface area contributed by atoms with Crippen LogP contribution in [0.15, 0.2) is 42.5 Å². The second kappa shape index (κ2) is 5.01. The van der Waals surface area contributed by atoms with E-state index in [4.69, 9.17) is 4.74 Å². The van der Waals surface area contributed by atoms with E-state index in [0.717, 1.165) is 5.56 Å². The number of benzene rings is 2. The largest absolute Gasteiger partial charge is 0.508 e. The molecule has 0 saturated carbocycles. The molecule has 5 nitrogen and oxygen atoms in total. The van der Waals surface area contributed by atoms with Gasteiger partial charge in [-0.05, 0) is 35.4 Å². The van der Waals surface area contributed by atoms with Gasteiger partial charge in [0, 0.05) is 5.92 Å². The molecule has 0 unspecified atom stereocenters. The van der Waals surface area contributed by atoms with Crippen molar-refractivity contribution in [3.63, 3.8) is 0 Å². The van der Waals surface area contributed by atoms with Crippen LogP contribution in [0.2, 0.25) is 0 Å². The maximum absolute atomic E-state index is 12.0. The molecule has 1 saturated heterocycles. The number of ether oxygens (including phenoxy) is 1. The average Bonchev–Trinajstić information content (AvgIpc) is 2.85. The van der Waals surface area contributed by atoms with Crippen LogP contribution in [-0.2, 0) is 9.53 Å². The maximum Gasteiger partial charge on any atom is 0.314 e. The van der Waals surface area contributed by atoms with E-state index >= 15 is 0 Å². The Morgan fingerprint density at radius 2 is 1.57 bits per heavy atom. The molecule has 1 aliphatic rings. The topological polar surface area (TPSA) is 87.0 Å². The van der Waals surface area contributed by atoms with E-state index in [1.807, 2.05) is 0 Å². The summed E-state index contributed by atoms with van der Waals surface area (Å²) in [4.78, 5) is 12.0. The summed E-state index contributed by atoms with van der Waals surface area (Å²) in [6.07, 6.45) is 0. The molecule has 3 N–H and O–H groups in total. The second-order valence-corrected chi connectivity index (χ2v) is 5.05. The lowest BCUT2D eigenvalue weighted by Crippen LogP contribution is -2.12. The van der Waals surface area contributed by atoms with E-state index < -0.39 is 5.92 Å². The number of carbonyl (C=O) groups excluding carboxylic acids is 1. The highest BCUT2D eigenvalue weighted by Gasteiger charge is 2.39. The van der Waals surface area contributed by atoms with Crippen molar-refractivity contribution in [3.8, 4) is 17.2 Å². The van der Waals surface area contributed by atoms with Crippen molar-refractivity contribution >= 4 is 5.97 Å². The normalized spacial score (nSPS) is 21.2. The standard InChI is InChI=1S/C16H14O5/c17-11-4-1-9(2-5-11)15-12(8-21-16(15)20)10-3-6-13(18)14(19)7-10/h1-7,12,15,17-19H,8H2/t12-,15-/m0/s1. The van der Waals surface area contributed by atoms with Gasteiger partial charge in [-0.15, -0.1) is 0 Å². The van der Waals surface area contributed by atoms with E-state index in [-0.39, 0.29) is 35.7 Å². The first kappa shape index (κ1) is 13.3. The van der Waals surface area contributed by atoms with E-state index in [9.17, 15) is 20.1 Å². The van der Waals surface area contributed by atoms with Crippen molar-refractivity contribution in [2.24, 2.45) is 0 Å². The third-order valence-electron chi connectivity index (χ3n) is 3.74. The van der Waals surface area contributed by atoms with Gasteiger partial charge in [0.15, 0.2) is 11.5 Å². The summed E-state index contributed by atoms with van der Waals surface area (Å²) in [6, 6.07) is 10.9. The molecule has 3 rings (SSSR count). The molecule has 2 aromatic rings. The van der Waals surface area contributed by atoms with E-state index in [1.54, 1.807) is 18.2 Å². The van der Waals surface area contributed by atoms with Crippen molar-refractivity contribution in [1.82, 2.24) is 0 Å². The van der Waals surface area contributed by atoms with Gasteiger partial charge in [0.1, 0.15) is 5.75 Å². The van der Waals surface area contributed by atoms with E-state index in [0.29, 0.717) is 5.56 Å². The number of cyclic esters (lactones) is 1. The van der Waals surface area contributed by atoms with E-state index in [2.05, 4.69) is 0 Å². The zero-order valence-electron chi connectivity index (χ0n) is 11.1. The Hall–Kier alpha value is -2.69. The molecule has 2 atom stereocenters. The number of rotatable bonds is 2. The Kier molecular flexibility index (Phi) is 3.17. The highest BCUT2D eigenvalue weighted by molar-refractivity contribution is 5.82. The number of phenols is 3. The van der Waals surface area contributed by atoms with Crippen molar-refractivity contribution in [2.75, 3.05) is 6.61 Å². The molecule has 5 heteroatoms. The van der Waals surface area contributed by atoms with Crippen LogP contribution < -0.4 is 0 Å². The van der Waals surface area contributed by atoms with Crippen LogP contribution in [0, 0.1) is 0 Å². The lowest BCUT2D eigenvalue weighted by atomic mass is 9.83. The highest BCUT2D eigenvalue weighted by Crippen LogP contribution is 2.41. The molecule has 0 aliphatic carbocycles. The van der Waals surface area contributed by atoms with Crippen molar-refractivity contribution in [3.05, 3.63) is 53.6 Å². The Bertz CT molecular complexity index is 678. The van der Waals surface area contributed by atoms with Gasteiger partial charge in [-0.3, -0.25) is 4.79 Å². The number of phenolic OH excluding ortho intramolecular Hbond substituents is 3. The van der Waals surface area contributed by atoms with Crippen molar-refractivity contribution in [1.29, 1.82) is 0 Å². The average molecular weight is 286 g/mol. The molecule has 0 aromatic heterocycles. The fourth-order valence-electron chi connectivity index (χ4n) is 2.63. The van der Waals surface area contributed by atoms with Crippen LogP contribution in [0.1, 0.15) is 23.0 Å². The lowest BCUT2D eigenvalue weighted by molar-refractivity contribution is -0.139. The molecular weight excluding hydrogens is 272 g/mol. The van der Waals surface area contributed by atoms with E-state index in [1.165, 1.54) is 24.3 Å². The molecule has 108 valence electrons. The summed E-state index contributed by atoms with van der Waals surface area (Å²) in [5, 5.41) is 28.3. The number of hydrogen-bond acceptors (Lipinski definition) is 5. The van der Waals surface area contributed by atoms with Gasteiger partial charge in [-0.1, -0.05) is 18.2 Å². The second-order valence-electron chi connectivity index (χ2n) is 5.05. The van der Waals surface area contributed by atoms with Gasteiger partial charge in [0.2, 0.25) is 0 Å². The van der Waals surface area contributed by atoms with Crippen LogP contribution in [0.4, 0.5) is 0 Å². The first-order valence-electron chi connectivity index (χ1n) is 6.53. The lowest BCUT2D eigenvalue weighted by Gasteiger charge is -2.16. The predicted octanol–water partition coefficient (Wildman–Crippen LogP) is 2.23. The van der Waals surface area contributed by atoms with Gasteiger partial charge < -0.3 is 20.1 Å². The Morgan fingerprint density at radius 3 is 2.24 bits per heavy atom. The third kappa shape index (κ3) is 2.38. The molecule has 2 aromatic carbocycles. The summed E-state index contributed by atoms with van der Waals surface area (Å²) >= 11 is 0. The van der Waals surface area contributed by atoms with Crippen LogP contribution >= 0.6 is 0 Å². The third-order valence-corrected chi connectivity index (χ3v) is 3.74. The molecule has 21 heavy (non-hydrogen) atoms. The molecule has 0 spiro atoms. The van der Waals surface area contributed by atoms with Crippen LogP contribution in [0.5, 0.6) is 17.2 Å². The number of hydrogen-bond donors (Lipinski definition) is 3. The van der Waals surface area contributed by atoms with Crippen molar-refractivity contribution < 1.29 is 24.9 Å². The Morgan fingerprint density at radius 1 is 0.905 bits per heavy atom. The Labute approximate surface area is 121 Å². The fraction of sp³-hybridized carbons (Fsp3) is 0.188.